The second-order valence-corrected chi connectivity index (χ2v) is 10.5. The standard InChI is InChI=1S/C28H38N2O3/c1-19(2)16-24(18-26(31)29-20(3)21-10-8-7-9-11-21)22-12-13-25-23(17-22)14-15-30(25)27(32)33-28(4,5)6/h7-13,17,19-20,24H,14-16,18H2,1-6H3,(H,29,31). The molecule has 5 heteroatoms. The molecule has 0 bridgehead atoms. The number of anilines is 1. The van der Waals surface area contributed by atoms with Crippen molar-refractivity contribution < 1.29 is 14.3 Å². The number of nitrogens with zero attached hydrogens (tertiary/aromatic N) is 1. The molecule has 0 saturated heterocycles. The van der Waals surface area contributed by atoms with E-state index in [9.17, 15) is 9.59 Å². The van der Waals surface area contributed by atoms with E-state index in [1.54, 1.807) is 4.90 Å². The zero-order chi connectivity index (χ0) is 24.2. The smallest absolute Gasteiger partial charge is 0.414 e. The summed E-state index contributed by atoms with van der Waals surface area (Å²) in [6.07, 6.45) is 1.88. The van der Waals surface area contributed by atoms with Gasteiger partial charge in [-0.2, -0.15) is 0 Å². The lowest BCUT2D eigenvalue weighted by Gasteiger charge is -2.25. The minimum Gasteiger partial charge on any atom is -0.443 e. The lowest BCUT2D eigenvalue weighted by Crippen LogP contribution is -2.35. The van der Waals surface area contributed by atoms with Crippen molar-refractivity contribution in [1.82, 2.24) is 5.32 Å². The number of carbonyl (C=O) groups excluding carboxylic acids is 2. The summed E-state index contributed by atoms with van der Waals surface area (Å²) in [4.78, 5) is 27.2. The van der Waals surface area contributed by atoms with Gasteiger partial charge in [0.15, 0.2) is 0 Å². The molecule has 0 saturated carbocycles. The molecule has 0 spiro atoms. The molecule has 1 N–H and O–H groups in total. The van der Waals surface area contributed by atoms with Crippen LogP contribution in [-0.2, 0) is 16.0 Å². The fourth-order valence-electron chi connectivity index (χ4n) is 4.44. The van der Waals surface area contributed by atoms with Crippen molar-refractivity contribution in [1.29, 1.82) is 0 Å². The highest BCUT2D eigenvalue weighted by Crippen LogP contribution is 2.35. The summed E-state index contributed by atoms with van der Waals surface area (Å²) in [5, 5.41) is 3.16. The number of nitrogens with one attached hydrogen (secondary N) is 1. The molecule has 2 atom stereocenters. The number of hydrogen-bond acceptors (Lipinski definition) is 3. The van der Waals surface area contributed by atoms with E-state index < -0.39 is 5.60 Å². The third kappa shape index (κ3) is 6.83. The molecule has 3 rings (SSSR count). The fourth-order valence-corrected chi connectivity index (χ4v) is 4.44. The van der Waals surface area contributed by atoms with E-state index >= 15 is 0 Å². The molecular weight excluding hydrogens is 412 g/mol. The Morgan fingerprint density at radius 1 is 1.03 bits per heavy atom. The Kier molecular flexibility index (Phi) is 7.83. The normalized spacial score (nSPS) is 15.2. The van der Waals surface area contributed by atoms with Crippen LogP contribution in [0.15, 0.2) is 48.5 Å². The maximum atomic E-state index is 12.9. The quantitative estimate of drug-likeness (QED) is 0.532. The zero-order valence-corrected chi connectivity index (χ0v) is 20.9. The van der Waals surface area contributed by atoms with E-state index in [2.05, 4.69) is 31.3 Å². The molecular formula is C28H38N2O3. The minimum absolute atomic E-state index is 0.0270. The van der Waals surface area contributed by atoms with Crippen LogP contribution in [0.25, 0.3) is 0 Å². The van der Waals surface area contributed by atoms with Gasteiger partial charge in [-0.15, -0.1) is 0 Å². The van der Waals surface area contributed by atoms with Gasteiger partial charge in [0.2, 0.25) is 5.91 Å². The highest BCUT2D eigenvalue weighted by atomic mass is 16.6. The molecule has 2 amide bonds. The van der Waals surface area contributed by atoms with Gasteiger partial charge in [0, 0.05) is 13.0 Å². The summed E-state index contributed by atoms with van der Waals surface area (Å²) < 4.78 is 5.57. The molecule has 0 aromatic heterocycles. The predicted octanol–water partition coefficient (Wildman–Crippen LogP) is 6.38. The summed E-state index contributed by atoms with van der Waals surface area (Å²) in [7, 11) is 0. The number of carbonyl (C=O) groups is 2. The summed E-state index contributed by atoms with van der Waals surface area (Å²) in [5.41, 5.74) is 3.80. The van der Waals surface area contributed by atoms with Crippen LogP contribution in [0.1, 0.15) is 83.0 Å². The van der Waals surface area contributed by atoms with E-state index in [1.807, 2.05) is 64.1 Å². The second-order valence-electron chi connectivity index (χ2n) is 10.5. The number of rotatable bonds is 7. The van der Waals surface area contributed by atoms with E-state index in [4.69, 9.17) is 4.74 Å². The molecule has 178 valence electrons. The Bertz CT molecular complexity index is 963. The van der Waals surface area contributed by atoms with Gasteiger partial charge in [-0.3, -0.25) is 9.69 Å². The van der Waals surface area contributed by atoms with Gasteiger partial charge >= 0.3 is 6.09 Å². The molecule has 0 fully saturated rings. The zero-order valence-electron chi connectivity index (χ0n) is 20.9. The SMILES string of the molecule is CC(C)CC(CC(=O)NC(C)c1ccccc1)c1ccc2c(c1)CCN2C(=O)OC(C)(C)C. The van der Waals surface area contributed by atoms with Gasteiger partial charge in [-0.1, -0.05) is 56.3 Å². The molecule has 2 aromatic carbocycles. The van der Waals surface area contributed by atoms with Crippen LogP contribution in [0.2, 0.25) is 0 Å². The fraction of sp³-hybridized carbons (Fsp3) is 0.500. The Balaban J connectivity index is 1.73. The van der Waals surface area contributed by atoms with Crippen molar-refractivity contribution in [2.24, 2.45) is 5.92 Å². The molecule has 5 nitrogen and oxygen atoms in total. The first kappa shape index (κ1) is 24.8. The maximum Gasteiger partial charge on any atom is 0.414 e. The van der Waals surface area contributed by atoms with Crippen LogP contribution in [0.3, 0.4) is 0 Å². The summed E-state index contributed by atoms with van der Waals surface area (Å²) >= 11 is 0. The van der Waals surface area contributed by atoms with Gasteiger partial charge in [0.1, 0.15) is 5.60 Å². The summed E-state index contributed by atoms with van der Waals surface area (Å²) in [6.45, 7) is 12.7. The first-order chi connectivity index (χ1) is 15.5. The van der Waals surface area contributed by atoms with Gasteiger partial charge in [-0.25, -0.2) is 4.79 Å². The average molecular weight is 451 g/mol. The average Bonchev–Trinajstić information content (AvgIpc) is 3.15. The van der Waals surface area contributed by atoms with E-state index in [-0.39, 0.29) is 24.0 Å². The van der Waals surface area contributed by atoms with Crippen molar-refractivity contribution in [2.75, 3.05) is 11.4 Å². The molecule has 2 unspecified atom stereocenters. The highest BCUT2D eigenvalue weighted by molar-refractivity contribution is 5.90. The number of amides is 2. The van der Waals surface area contributed by atoms with E-state index in [1.165, 1.54) is 0 Å². The molecule has 0 aliphatic carbocycles. The lowest BCUT2D eigenvalue weighted by molar-refractivity contribution is -0.122. The number of hydrogen-bond donors (Lipinski definition) is 1. The van der Waals surface area contributed by atoms with Crippen LogP contribution in [-0.4, -0.2) is 24.1 Å². The molecule has 0 radical (unpaired) electrons. The second kappa shape index (κ2) is 10.4. The van der Waals surface area contributed by atoms with Gasteiger partial charge in [0.25, 0.3) is 0 Å². The van der Waals surface area contributed by atoms with Crippen LogP contribution in [0.4, 0.5) is 10.5 Å². The topological polar surface area (TPSA) is 58.6 Å². The van der Waals surface area contributed by atoms with Gasteiger partial charge in [-0.05, 0) is 75.1 Å². The predicted molar refractivity (Wildman–Crippen MR) is 134 cm³/mol. The number of ether oxygens (including phenoxy) is 1. The maximum absolute atomic E-state index is 12.9. The Morgan fingerprint density at radius 3 is 2.36 bits per heavy atom. The van der Waals surface area contributed by atoms with Gasteiger partial charge in [0.05, 0.1) is 11.7 Å². The monoisotopic (exact) mass is 450 g/mol. The molecule has 33 heavy (non-hydrogen) atoms. The summed E-state index contributed by atoms with van der Waals surface area (Å²) in [5.74, 6) is 0.669. The third-order valence-electron chi connectivity index (χ3n) is 5.95. The van der Waals surface area contributed by atoms with Crippen molar-refractivity contribution in [3.8, 4) is 0 Å². The summed E-state index contributed by atoms with van der Waals surface area (Å²) in [6, 6.07) is 16.3. The van der Waals surface area contributed by atoms with Gasteiger partial charge < -0.3 is 10.1 Å². The van der Waals surface area contributed by atoms with E-state index in [0.29, 0.717) is 18.9 Å². The minimum atomic E-state index is -0.521. The first-order valence-electron chi connectivity index (χ1n) is 12.0. The number of benzene rings is 2. The van der Waals surface area contributed by atoms with Crippen molar-refractivity contribution in [3.63, 3.8) is 0 Å². The van der Waals surface area contributed by atoms with Crippen LogP contribution in [0.5, 0.6) is 0 Å². The lowest BCUT2D eigenvalue weighted by atomic mass is 9.86. The highest BCUT2D eigenvalue weighted by Gasteiger charge is 2.30. The van der Waals surface area contributed by atoms with Crippen molar-refractivity contribution >= 4 is 17.7 Å². The van der Waals surface area contributed by atoms with Crippen LogP contribution in [0, 0.1) is 5.92 Å². The third-order valence-corrected chi connectivity index (χ3v) is 5.95. The van der Waals surface area contributed by atoms with Crippen LogP contribution >= 0.6 is 0 Å². The Morgan fingerprint density at radius 2 is 1.73 bits per heavy atom. The molecule has 1 aliphatic heterocycles. The Hall–Kier alpha value is -2.82. The number of fused-ring (bicyclic) bond motifs is 1. The first-order valence-corrected chi connectivity index (χ1v) is 12.0. The van der Waals surface area contributed by atoms with E-state index in [0.717, 1.165) is 35.2 Å². The van der Waals surface area contributed by atoms with Crippen molar-refractivity contribution in [2.45, 2.75) is 78.4 Å². The van der Waals surface area contributed by atoms with Crippen LogP contribution < -0.4 is 10.2 Å². The molecule has 1 aliphatic rings. The molecule has 1 heterocycles. The molecule has 2 aromatic rings. The Labute approximate surface area is 198 Å². The van der Waals surface area contributed by atoms with Crippen molar-refractivity contribution in [3.05, 3.63) is 65.2 Å². The largest absolute Gasteiger partial charge is 0.443 e.